The van der Waals surface area contributed by atoms with E-state index in [1.807, 2.05) is 0 Å². The van der Waals surface area contributed by atoms with Crippen LogP contribution >= 0.6 is 0 Å². The van der Waals surface area contributed by atoms with Gasteiger partial charge in [0.1, 0.15) is 0 Å². The van der Waals surface area contributed by atoms with Crippen LogP contribution in [0.25, 0.3) is 0 Å². The van der Waals surface area contributed by atoms with E-state index < -0.39 is 0 Å². The van der Waals surface area contributed by atoms with E-state index >= 15 is 0 Å². The summed E-state index contributed by atoms with van der Waals surface area (Å²) in [5, 5.41) is 0. The normalized spacial score (nSPS) is 21.2. The van der Waals surface area contributed by atoms with E-state index in [4.69, 9.17) is 4.74 Å². The van der Waals surface area contributed by atoms with Gasteiger partial charge in [0.15, 0.2) is 0 Å². The van der Waals surface area contributed by atoms with E-state index in [2.05, 4.69) is 46.6 Å². The molecule has 1 rings (SSSR count). The van der Waals surface area contributed by atoms with Crippen LogP contribution in [-0.4, -0.2) is 35.7 Å². The zero-order chi connectivity index (χ0) is 18.1. The number of likely N-dealkylation sites (tertiary alicyclic amines) is 1. The molecule has 0 aromatic carbocycles. The molecule has 0 spiro atoms. The summed E-state index contributed by atoms with van der Waals surface area (Å²) in [6, 6.07) is 0. The lowest BCUT2D eigenvalue weighted by atomic mass is 9.79. The lowest BCUT2D eigenvalue weighted by Crippen LogP contribution is -2.60. The van der Waals surface area contributed by atoms with Gasteiger partial charge in [-0.3, -0.25) is 4.90 Å². The number of ether oxygens (including phenoxy) is 1. The fraction of sp³-hybridized carbons (Fsp3) is 1.00. The van der Waals surface area contributed by atoms with Crippen molar-refractivity contribution >= 4 is 0 Å². The van der Waals surface area contributed by atoms with Crippen LogP contribution in [0.2, 0.25) is 0 Å². The first-order valence-corrected chi connectivity index (χ1v) is 10.6. The van der Waals surface area contributed by atoms with Gasteiger partial charge < -0.3 is 4.74 Å². The summed E-state index contributed by atoms with van der Waals surface area (Å²) in [6.45, 7) is 12.7. The summed E-state index contributed by atoms with van der Waals surface area (Å²) < 4.78 is 6.25. The van der Waals surface area contributed by atoms with Gasteiger partial charge in [0, 0.05) is 17.7 Å². The maximum atomic E-state index is 6.25. The fourth-order valence-corrected chi connectivity index (χ4v) is 4.24. The highest BCUT2D eigenvalue weighted by Gasteiger charge is 2.43. The van der Waals surface area contributed by atoms with Gasteiger partial charge in [-0.05, 0) is 54.0 Å². The third-order valence-corrected chi connectivity index (χ3v) is 6.12. The second kappa shape index (κ2) is 10.8. The molecule has 1 fully saturated rings. The van der Waals surface area contributed by atoms with Crippen molar-refractivity contribution in [3.05, 3.63) is 0 Å². The second-order valence-corrected chi connectivity index (χ2v) is 9.27. The van der Waals surface area contributed by atoms with Gasteiger partial charge in [0.2, 0.25) is 0 Å². The minimum Gasteiger partial charge on any atom is -0.378 e. The predicted octanol–water partition coefficient (Wildman–Crippen LogP) is 6.58. The molecular weight excluding hydrogens is 294 g/mol. The van der Waals surface area contributed by atoms with Gasteiger partial charge in [-0.2, -0.15) is 0 Å². The monoisotopic (exact) mass is 339 g/mol. The minimum atomic E-state index is 0.240. The molecule has 0 N–H and O–H groups in total. The summed E-state index contributed by atoms with van der Waals surface area (Å²) in [7, 11) is 2.26. The largest absolute Gasteiger partial charge is 0.378 e. The van der Waals surface area contributed by atoms with Crippen molar-refractivity contribution in [2.75, 3.05) is 13.7 Å². The Bertz CT molecular complexity index is 306. The molecule has 24 heavy (non-hydrogen) atoms. The van der Waals surface area contributed by atoms with Crippen LogP contribution in [0, 0.1) is 0 Å². The highest BCUT2D eigenvalue weighted by atomic mass is 16.5. The van der Waals surface area contributed by atoms with Crippen LogP contribution in [0.3, 0.4) is 0 Å². The van der Waals surface area contributed by atoms with Crippen LogP contribution in [0.15, 0.2) is 0 Å². The first kappa shape index (κ1) is 22.0. The van der Waals surface area contributed by atoms with Crippen molar-refractivity contribution in [2.45, 2.75) is 129 Å². The Morgan fingerprint density at radius 1 is 0.750 bits per heavy atom. The van der Waals surface area contributed by atoms with Gasteiger partial charge in [0.25, 0.3) is 0 Å². The van der Waals surface area contributed by atoms with Gasteiger partial charge >= 0.3 is 0 Å². The average molecular weight is 340 g/mol. The maximum absolute atomic E-state index is 6.25. The SMILES string of the molecule is CCCCCCCCCCCCOC1CC(C)(C)N(C)C(C)(C)C1. The molecule has 0 atom stereocenters. The molecule has 1 heterocycles. The van der Waals surface area contributed by atoms with E-state index in [0.717, 1.165) is 19.4 Å². The predicted molar refractivity (Wildman–Crippen MR) is 107 cm³/mol. The molecule has 0 bridgehead atoms. The van der Waals surface area contributed by atoms with Gasteiger partial charge in [-0.25, -0.2) is 0 Å². The Hall–Kier alpha value is -0.0800. The van der Waals surface area contributed by atoms with Crippen LogP contribution in [0.5, 0.6) is 0 Å². The lowest BCUT2D eigenvalue weighted by molar-refractivity contribution is -0.0918. The van der Waals surface area contributed by atoms with Crippen molar-refractivity contribution < 1.29 is 4.74 Å². The topological polar surface area (TPSA) is 12.5 Å². The Kier molecular flexibility index (Phi) is 9.89. The molecule has 1 aliphatic rings. The van der Waals surface area contributed by atoms with Gasteiger partial charge in [-0.1, -0.05) is 64.7 Å². The Balaban J connectivity index is 2.03. The highest BCUT2D eigenvalue weighted by Crippen LogP contribution is 2.38. The van der Waals surface area contributed by atoms with Crippen LogP contribution in [0.4, 0.5) is 0 Å². The standard InChI is InChI=1S/C22H45NO/c1-7-8-9-10-11-12-13-14-15-16-17-24-20-18-21(2,3)23(6)22(4,5)19-20/h20H,7-19H2,1-6H3. The molecule has 2 heteroatoms. The number of rotatable bonds is 12. The van der Waals surface area contributed by atoms with Crippen LogP contribution in [-0.2, 0) is 4.74 Å². The van der Waals surface area contributed by atoms with Crippen molar-refractivity contribution in [1.29, 1.82) is 0 Å². The first-order valence-electron chi connectivity index (χ1n) is 10.6. The van der Waals surface area contributed by atoms with Crippen molar-refractivity contribution in [1.82, 2.24) is 4.90 Å². The van der Waals surface area contributed by atoms with E-state index in [1.165, 1.54) is 64.2 Å². The quantitative estimate of drug-likeness (QED) is 0.373. The molecule has 0 unspecified atom stereocenters. The third-order valence-electron chi connectivity index (χ3n) is 6.12. The number of piperidine rings is 1. The smallest absolute Gasteiger partial charge is 0.0610 e. The lowest BCUT2D eigenvalue weighted by Gasteiger charge is -2.53. The summed E-state index contributed by atoms with van der Waals surface area (Å²) in [5.41, 5.74) is 0.481. The summed E-state index contributed by atoms with van der Waals surface area (Å²) in [4.78, 5) is 2.53. The molecule has 0 aromatic heterocycles. The number of hydrogen-bond donors (Lipinski definition) is 0. The summed E-state index contributed by atoms with van der Waals surface area (Å²) in [6.07, 6.45) is 16.7. The molecule has 1 saturated heterocycles. The van der Waals surface area contributed by atoms with E-state index in [1.54, 1.807) is 0 Å². The fourth-order valence-electron chi connectivity index (χ4n) is 4.24. The molecule has 0 radical (unpaired) electrons. The molecule has 0 aliphatic carbocycles. The maximum Gasteiger partial charge on any atom is 0.0610 e. The van der Waals surface area contributed by atoms with Crippen LogP contribution < -0.4 is 0 Å². The van der Waals surface area contributed by atoms with E-state index in [0.29, 0.717) is 6.10 Å². The molecule has 1 aliphatic heterocycles. The molecule has 0 saturated carbocycles. The number of hydrogen-bond acceptors (Lipinski definition) is 2. The second-order valence-electron chi connectivity index (χ2n) is 9.27. The van der Waals surface area contributed by atoms with Gasteiger partial charge in [0.05, 0.1) is 6.10 Å². The van der Waals surface area contributed by atoms with Crippen LogP contribution in [0.1, 0.15) is 112 Å². The average Bonchev–Trinajstić information content (AvgIpc) is 2.50. The third kappa shape index (κ3) is 7.87. The van der Waals surface area contributed by atoms with Crippen molar-refractivity contribution in [3.63, 3.8) is 0 Å². The van der Waals surface area contributed by atoms with Crippen molar-refractivity contribution in [2.24, 2.45) is 0 Å². The Labute approximate surface area is 152 Å². The molecule has 2 nitrogen and oxygen atoms in total. The van der Waals surface area contributed by atoms with E-state index in [-0.39, 0.29) is 11.1 Å². The summed E-state index contributed by atoms with van der Waals surface area (Å²) in [5.74, 6) is 0. The highest BCUT2D eigenvalue weighted by molar-refractivity contribution is 4.98. The van der Waals surface area contributed by atoms with E-state index in [9.17, 15) is 0 Å². The summed E-state index contributed by atoms with van der Waals surface area (Å²) >= 11 is 0. The zero-order valence-corrected chi connectivity index (χ0v) is 17.6. The Morgan fingerprint density at radius 2 is 1.17 bits per heavy atom. The molecule has 0 aromatic rings. The number of unbranched alkanes of at least 4 members (excludes halogenated alkanes) is 9. The zero-order valence-electron chi connectivity index (χ0n) is 17.6. The molecule has 0 amide bonds. The molecular formula is C22H45NO. The number of nitrogens with zero attached hydrogens (tertiary/aromatic N) is 1. The van der Waals surface area contributed by atoms with Gasteiger partial charge in [-0.15, -0.1) is 0 Å². The van der Waals surface area contributed by atoms with Crippen molar-refractivity contribution in [3.8, 4) is 0 Å². The Morgan fingerprint density at radius 3 is 1.62 bits per heavy atom. The minimum absolute atomic E-state index is 0.240. The molecule has 144 valence electrons. The first-order chi connectivity index (χ1) is 11.3.